The van der Waals surface area contributed by atoms with E-state index in [4.69, 9.17) is 9.84 Å². The molecule has 70 valence electrons. The van der Waals surface area contributed by atoms with Gasteiger partial charge in [-0.1, -0.05) is 12.1 Å². The first-order chi connectivity index (χ1) is 6.11. The average molecular weight is 182 g/mol. The van der Waals surface area contributed by atoms with Crippen molar-refractivity contribution in [3.63, 3.8) is 0 Å². The SMILES string of the molecule is Cc1cccc(O)c1OCC(=O)O. The Morgan fingerprint density at radius 2 is 2.23 bits per heavy atom. The topological polar surface area (TPSA) is 66.8 Å². The highest BCUT2D eigenvalue weighted by Crippen LogP contribution is 2.28. The summed E-state index contributed by atoms with van der Waals surface area (Å²) in [5.41, 5.74) is 0.709. The van der Waals surface area contributed by atoms with E-state index in [2.05, 4.69) is 0 Å². The number of phenolic OH excluding ortho intramolecular Hbond substituents is 1. The summed E-state index contributed by atoms with van der Waals surface area (Å²) >= 11 is 0. The molecule has 0 amide bonds. The number of carboxylic acids is 1. The molecule has 0 heterocycles. The second-order valence-electron chi connectivity index (χ2n) is 2.61. The summed E-state index contributed by atoms with van der Waals surface area (Å²) in [5, 5.41) is 17.6. The molecule has 1 rings (SSSR count). The molecule has 0 spiro atoms. The summed E-state index contributed by atoms with van der Waals surface area (Å²) in [4.78, 5) is 10.2. The first kappa shape index (κ1) is 9.38. The van der Waals surface area contributed by atoms with Gasteiger partial charge in [-0.2, -0.15) is 0 Å². The van der Waals surface area contributed by atoms with Crippen LogP contribution in [-0.2, 0) is 4.79 Å². The summed E-state index contributed by atoms with van der Waals surface area (Å²) < 4.78 is 4.88. The molecular weight excluding hydrogens is 172 g/mol. The molecule has 0 atom stereocenters. The van der Waals surface area contributed by atoms with Crippen LogP contribution in [0.5, 0.6) is 11.5 Å². The van der Waals surface area contributed by atoms with E-state index in [9.17, 15) is 9.90 Å². The minimum Gasteiger partial charge on any atom is -0.504 e. The molecule has 0 unspecified atom stereocenters. The number of hydrogen-bond acceptors (Lipinski definition) is 3. The number of aryl methyl sites for hydroxylation is 1. The Morgan fingerprint density at radius 1 is 1.54 bits per heavy atom. The molecule has 0 aromatic heterocycles. The maximum atomic E-state index is 10.2. The van der Waals surface area contributed by atoms with Crippen LogP contribution in [-0.4, -0.2) is 22.8 Å². The van der Waals surface area contributed by atoms with Gasteiger partial charge in [0.25, 0.3) is 0 Å². The van der Waals surface area contributed by atoms with E-state index in [1.807, 2.05) is 0 Å². The number of carbonyl (C=O) groups is 1. The van der Waals surface area contributed by atoms with E-state index in [1.165, 1.54) is 6.07 Å². The van der Waals surface area contributed by atoms with E-state index in [1.54, 1.807) is 19.1 Å². The summed E-state index contributed by atoms with van der Waals surface area (Å²) in [6, 6.07) is 4.85. The Labute approximate surface area is 75.4 Å². The van der Waals surface area contributed by atoms with Crippen LogP contribution >= 0.6 is 0 Å². The van der Waals surface area contributed by atoms with Gasteiger partial charge in [0.15, 0.2) is 18.1 Å². The van der Waals surface area contributed by atoms with Crippen molar-refractivity contribution < 1.29 is 19.7 Å². The van der Waals surface area contributed by atoms with Gasteiger partial charge in [-0.15, -0.1) is 0 Å². The number of phenols is 1. The van der Waals surface area contributed by atoms with Crippen molar-refractivity contribution in [3.05, 3.63) is 23.8 Å². The summed E-state index contributed by atoms with van der Waals surface area (Å²) in [6.45, 7) is 1.29. The molecule has 0 aliphatic heterocycles. The lowest BCUT2D eigenvalue weighted by atomic mass is 10.2. The molecule has 0 aliphatic carbocycles. The largest absolute Gasteiger partial charge is 0.504 e. The van der Waals surface area contributed by atoms with E-state index in [-0.39, 0.29) is 11.5 Å². The fraction of sp³-hybridized carbons (Fsp3) is 0.222. The molecule has 2 N–H and O–H groups in total. The fourth-order valence-corrected chi connectivity index (χ4v) is 0.959. The molecule has 1 aromatic rings. The van der Waals surface area contributed by atoms with Gasteiger partial charge in [-0.25, -0.2) is 4.79 Å². The van der Waals surface area contributed by atoms with Crippen molar-refractivity contribution >= 4 is 5.97 Å². The number of hydrogen-bond donors (Lipinski definition) is 2. The molecule has 4 nitrogen and oxygen atoms in total. The lowest BCUT2D eigenvalue weighted by Gasteiger charge is -2.07. The third-order valence-corrected chi connectivity index (χ3v) is 1.53. The lowest BCUT2D eigenvalue weighted by molar-refractivity contribution is -0.139. The van der Waals surface area contributed by atoms with Crippen LogP contribution in [0.15, 0.2) is 18.2 Å². The fourth-order valence-electron chi connectivity index (χ4n) is 0.959. The number of rotatable bonds is 3. The van der Waals surface area contributed by atoms with E-state index >= 15 is 0 Å². The number of ether oxygens (including phenoxy) is 1. The predicted octanol–water partition coefficient (Wildman–Crippen LogP) is 1.16. The highest BCUT2D eigenvalue weighted by molar-refractivity contribution is 5.68. The molecule has 1 aromatic carbocycles. The van der Waals surface area contributed by atoms with Gasteiger partial charge in [-0.05, 0) is 18.6 Å². The first-order valence-electron chi connectivity index (χ1n) is 3.74. The van der Waals surface area contributed by atoms with Crippen molar-refractivity contribution in [2.45, 2.75) is 6.92 Å². The van der Waals surface area contributed by atoms with Crippen molar-refractivity contribution in [3.8, 4) is 11.5 Å². The van der Waals surface area contributed by atoms with Gasteiger partial charge in [0.1, 0.15) is 0 Å². The maximum Gasteiger partial charge on any atom is 0.341 e. The minimum atomic E-state index is -1.07. The van der Waals surface area contributed by atoms with Crippen molar-refractivity contribution in [2.24, 2.45) is 0 Å². The van der Waals surface area contributed by atoms with Crippen LogP contribution in [0.25, 0.3) is 0 Å². The van der Waals surface area contributed by atoms with Crippen molar-refractivity contribution in [2.75, 3.05) is 6.61 Å². The maximum absolute atomic E-state index is 10.2. The molecule has 4 heteroatoms. The Kier molecular flexibility index (Phi) is 2.74. The zero-order valence-corrected chi connectivity index (χ0v) is 7.15. The lowest BCUT2D eigenvalue weighted by Crippen LogP contribution is -2.10. The minimum absolute atomic E-state index is 0.0405. The molecule has 0 aliphatic rings. The second kappa shape index (κ2) is 3.80. The van der Waals surface area contributed by atoms with Gasteiger partial charge in [0, 0.05) is 0 Å². The standard InChI is InChI=1S/C9H10O4/c1-6-3-2-4-7(10)9(6)13-5-8(11)12/h2-4,10H,5H2,1H3,(H,11,12). The Morgan fingerprint density at radius 3 is 2.77 bits per heavy atom. The van der Waals surface area contributed by atoms with Gasteiger partial charge in [0.05, 0.1) is 0 Å². The number of carboxylic acid groups (broad SMARTS) is 1. The number of aromatic hydroxyl groups is 1. The molecule has 0 fully saturated rings. The van der Waals surface area contributed by atoms with Gasteiger partial charge in [0.2, 0.25) is 0 Å². The number of para-hydroxylation sites is 1. The summed E-state index contributed by atoms with van der Waals surface area (Å²) in [7, 11) is 0. The van der Waals surface area contributed by atoms with Crippen LogP contribution in [0.4, 0.5) is 0 Å². The first-order valence-corrected chi connectivity index (χ1v) is 3.74. The van der Waals surface area contributed by atoms with Gasteiger partial charge in [-0.3, -0.25) is 0 Å². The van der Waals surface area contributed by atoms with E-state index in [0.717, 1.165) is 0 Å². The Bertz CT molecular complexity index is 299. The molecule has 13 heavy (non-hydrogen) atoms. The van der Waals surface area contributed by atoms with Crippen molar-refractivity contribution in [1.82, 2.24) is 0 Å². The van der Waals surface area contributed by atoms with Crippen LogP contribution in [0.3, 0.4) is 0 Å². The molecule has 0 saturated heterocycles. The number of aliphatic carboxylic acids is 1. The zero-order valence-electron chi connectivity index (χ0n) is 7.15. The molecule has 0 saturated carbocycles. The van der Waals surface area contributed by atoms with Crippen molar-refractivity contribution in [1.29, 1.82) is 0 Å². The van der Waals surface area contributed by atoms with Gasteiger partial charge >= 0.3 is 5.97 Å². The Hall–Kier alpha value is -1.71. The normalized spacial score (nSPS) is 9.62. The third kappa shape index (κ3) is 2.37. The highest BCUT2D eigenvalue weighted by Gasteiger charge is 2.06. The van der Waals surface area contributed by atoms with Crippen LogP contribution in [0.1, 0.15) is 5.56 Å². The molecule has 0 bridgehead atoms. The smallest absolute Gasteiger partial charge is 0.341 e. The average Bonchev–Trinajstić information content (AvgIpc) is 2.03. The van der Waals surface area contributed by atoms with E-state index < -0.39 is 12.6 Å². The van der Waals surface area contributed by atoms with E-state index in [0.29, 0.717) is 5.56 Å². The summed E-state index contributed by atoms with van der Waals surface area (Å²) in [6.07, 6.45) is 0. The highest BCUT2D eigenvalue weighted by atomic mass is 16.5. The predicted molar refractivity (Wildman–Crippen MR) is 46.0 cm³/mol. The van der Waals surface area contributed by atoms with Gasteiger partial charge < -0.3 is 14.9 Å². The monoisotopic (exact) mass is 182 g/mol. The zero-order chi connectivity index (χ0) is 9.84. The summed E-state index contributed by atoms with van der Waals surface area (Å²) in [5.74, 6) is -0.881. The number of benzene rings is 1. The van der Waals surface area contributed by atoms with Crippen LogP contribution in [0, 0.1) is 6.92 Å². The quantitative estimate of drug-likeness (QED) is 0.736. The second-order valence-corrected chi connectivity index (χ2v) is 2.61. The van der Waals surface area contributed by atoms with Crippen LogP contribution < -0.4 is 4.74 Å². The third-order valence-electron chi connectivity index (χ3n) is 1.53. The molecule has 0 radical (unpaired) electrons. The Balaban J connectivity index is 2.81. The van der Waals surface area contributed by atoms with Crippen LogP contribution in [0.2, 0.25) is 0 Å². The molecular formula is C9H10O4.